The van der Waals surface area contributed by atoms with Gasteiger partial charge in [-0.05, 0) is 37.1 Å². The standard InChI is InChI=1S/C22H30N4O2/c1-3-5-7-15-21(27)25-19-13-9-11-17(23-19)18-12-10-14-20(24-18)26-22(28)16-8-6-4-2/h9-14H,3-8,15-16H2,1-2H3,(H,23,25,27)(H,24,26,28). The monoisotopic (exact) mass is 382 g/mol. The summed E-state index contributed by atoms with van der Waals surface area (Å²) in [5.74, 6) is 0.961. The Bertz CT molecular complexity index is 711. The van der Waals surface area contributed by atoms with Crippen molar-refractivity contribution in [2.75, 3.05) is 10.6 Å². The van der Waals surface area contributed by atoms with E-state index < -0.39 is 0 Å². The number of nitrogens with zero attached hydrogens (tertiary/aromatic N) is 2. The number of aromatic nitrogens is 2. The van der Waals surface area contributed by atoms with E-state index in [4.69, 9.17) is 0 Å². The summed E-state index contributed by atoms with van der Waals surface area (Å²) >= 11 is 0. The largest absolute Gasteiger partial charge is 0.311 e. The second kappa shape index (κ2) is 11.8. The lowest BCUT2D eigenvalue weighted by Crippen LogP contribution is -2.13. The fourth-order valence-corrected chi connectivity index (χ4v) is 2.78. The number of unbranched alkanes of at least 4 members (excludes halogenated alkanes) is 4. The fraction of sp³-hybridized carbons (Fsp3) is 0.455. The predicted molar refractivity (Wildman–Crippen MR) is 113 cm³/mol. The van der Waals surface area contributed by atoms with Crippen molar-refractivity contribution in [2.45, 2.75) is 65.2 Å². The van der Waals surface area contributed by atoms with E-state index in [0.717, 1.165) is 38.5 Å². The second-order valence-electron chi connectivity index (χ2n) is 6.83. The van der Waals surface area contributed by atoms with Crippen LogP contribution in [0.2, 0.25) is 0 Å². The smallest absolute Gasteiger partial charge is 0.225 e. The van der Waals surface area contributed by atoms with Crippen LogP contribution in [0, 0.1) is 0 Å². The van der Waals surface area contributed by atoms with E-state index in [0.29, 0.717) is 35.9 Å². The first-order valence-corrected chi connectivity index (χ1v) is 10.2. The average molecular weight is 383 g/mol. The van der Waals surface area contributed by atoms with Gasteiger partial charge in [-0.1, -0.05) is 51.7 Å². The molecular formula is C22H30N4O2. The van der Waals surface area contributed by atoms with Crippen molar-refractivity contribution in [3.63, 3.8) is 0 Å². The van der Waals surface area contributed by atoms with Crippen LogP contribution in [0.1, 0.15) is 65.2 Å². The Balaban J connectivity index is 2.01. The lowest BCUT2D eigenvalue weighted by atomic mass is 10.2. The van der Waals surface area contributed by atoms with Crippen molar-refractivity contribution in [3.8, 4) is 11.4 Å². The van der Waals surface area contributed by atoms with Crippen molar-refractivity contribution >= 4 is 23.5 Å². The molecule has 0 unspecified atom stereocenters. The van der Waals surface area contributed by atoms with E-state index in [9.17, 15) is 9.59 Å². The van der Waals surface area contributed by atoms with Gasteiger partial charge in [0.05, 0.1) is 11.4 Å². The van der Waals surface area contributed by atoms with Gasteiger partial charge in [0.1, 0.15) is 11.6 Å². The summed E-state index contributed by atoms with van der Waals surface area (Å²) in [4.78, 5) is 33.0. The van der Waals surface area contributed by atoms with Crippen molar-refractivity contribution in [2.24, 2.45) is 0 Å². The minimum absolute atomic E-state index is 0.0286. The maximum atomic E-state index is 12.0. The van der Waals surface area contributed by atoms with Gasteiger partial charge in [0, 0.05) is 12.8 Å². The van der Waals surface area contributed by atoms with Gasteiger partial charge in [-0.25, -0.2) is 9.97 Å². The van der Waals surface area contributed by atoms with Crippen LogP contribution in [-0.4, -0.2) is 21.8 Å². The van der Waals surface area contributed by atoms with Gasteiger partial charge >= 0.3 is 0 Å². The number of nitrogens with one attached hydrogen (secondary N) is 2. The molecule has 0 aliphatic heterocycles. The Labute approximate surface area is 167 Å². The summed E-state index contributed by atoms with van der Waals surface area (Å²) < 4.78 is 0. The first-order valence-electron chi connectivity index (χ1n) is 10.2. The van der Waals surface area contributed by atoms with Crippen LogP contribution in [0.5, 0.6) is 0 Å². The zero-order valence-electron chi connectivity index (χ0n) is 16.8. The van der Waals surface area contributed by atoms with Crippen LogP contribution in [0.4, 0.5) is 11.6 Å². The molecule has 0 aliphatic rings. The van der Waals surface area contributed by atoms with Crippen LogP contribution in [0.15, 0.2) is 36.4 Å². The molecule has 0 bridgehead atoms. The maximum absolute atomic E-state index is 12.0. The molecule has 0 spiro atoms. The molecule has 0 fully saturated rings. The summed E-state index contributed by atoms with van der Waals surface area (Å²) in [6.07, 6.45) is 7.00. The molecule has 0 radical (unpaired) electrons. The quantitative estimate of drug-likeness (QED) is 0.524. The summed E-state index contributed by atoms with van der Waals surface area (Å²) in [5.41, 5.74) is 1.29. The normalized spacial score (nSPS) is 10.5. The SMILES string of the molecule is CCCCCC(=O)Nc1cccc(-c2cccc(NC(=O)CCCCC)n2)n1. The number of hydrogen-bond donors (Lipinski definition) is 2. The van der Waals surface area contributed by atoms with Crippen LogP contribution < -0.4 is 10.6 Å². The number of anilines is 2. The van der Waals surface area contributed by atoms with E-state index in [1.54, 1.807) is 12.1 Å². The topological polar surface area (TPSA) is 84.0 Å². The number of amides is 2. The molecule has 0 saturated carbocycles. The molecule has 2 N–H and O–H groups in total. The predicted octanol–water partition coefficient (Wildman–Crippen LogP) is 5.18. The van der Waals surface area contributed by atoms with E-state index >= 15 is 0 Å². The molecule has 0 atom stereocenters. The van der Waals surface area contributed by atoms with Crippen molar-refractivity contribution < 1.29 is 9.59 Å². The van der Waals surface area contributed by atoms with Gasteiger partial charge in [-0.15, -0.1) is 0 Å². The summed E-state index contributed by atoms with van der Waals surface area (Å²) in [6, 6.07) is 10.9. The molecule has 2 rings (SSSR count). The van der Waals surface area contributed by atoms with Crippen molar-refractivity contribution in [1.82, 2.24) is 9.97 Å². The summed E-state index contributed by atoms with van der Waals surface area (Å²) in [7, 11) is 0. The number of rotatable bonds is 11. The Kier molecular flexibility index (Phi) is 9.11. The molecule has 0 aromatic carbocycles. The highest BCUT2D eigenvalue weighted by molar-refractivity contribution is 5.90. The van der Waals surface area contributed by atoms with Gasteiger partial charge < -0.3 is 10.6 Å². The minimum Gasteiger partial charge on any atom is -0.311 e. The number of pyridine rings is 2. The Morgan fingerprint density at radius 1 is 0.714 bits per heavy atom. The lowest BCUT2D eigenvalue weighted by Gasteiger charge is -2.08. The van der Waals surface area contributed by atoms with Gasteiger partial charge in [0.15, 0.2) is 0 Å². The highest BCUT2D eigenvalue weighted by Gasteiger charge is 2.08. The van der Waals surface area contributed by atoms with E-state index in [-0.39, 0.29) is 11.8 Å². The molecule has 0 aliphatic carbocycles. The van der Waals surface area contributed by atoms with Crippen molar-refractivity contribution in [3.05, 3.63) is 36.4 Å². The third-order valence-corrected chi connectivity index (χ3v) is 4.31. The Morgan fingerprint density at radius 2 is 1.14 bits per heavy atom. The van der Waals surface area contributed by atoms with Crippen LogP contribution in [0.25, 0.3) is 11.4 Å². The number of carbonyl (C=O) groups is 2. The third kappa shape index (κ3) is 7.47. The lowest BCUT2D eigenvalue weighted by molar-refractivity contribution is -0.117. The fourth-order valence-electron chi connectivity index (χ4n) is 2.78. The van der Waals surface area contributed by atoms with Crippen molar-refractivity contribution in [1.29, 1.82) is 0 Å². The molecular weight excluding hydrogens is 352 g/mol. The highest BCUT2D eigenvalue weighted by Crippen LogP contribution is 2.19. The van der Waals surface area contributed by atoms with Crippen LogP contribution in [0.3, 0.4) is 0 Å². The number of carbonyl (C=O) groups excluding carboxylic acids is 2. The van der Waals surface area contributed by atoms with Crippen LogP contribution >= 0.6 is 0 Å². The van der Waals surface area contributed by atoms with Gasteiger partial charge in [-0.3, -0.25) is 9.59 Å². The van der Waals surface area contributed by atoms with Crippen LogP contribution in [-0.2, 0) is 9.59 Å². The Hall–Kier alpha value is -2.76. The van der Waals surface area contributed by atoms with Gasteiger partial charge in [0.2, 0.25) is 11.8 Å². The van der Waals surface area contributed by atoms with E-state index in [1.165, 1.54) is 0 Å². The first-order chi connectivity index (χ1) is 13.6. The molecule has 6 nitrogen and oxygen atoms in total. The summed E-state index contributed by atoms with van der Waals surface area (Å²) in [5, 5.41) is 5.68. The zero-order chi connectivity index (χ0) is 20.2. The number of hydrogen-bond acceptors (Lipinski definition) is 4. The molecule has 150 valence electrons. The molecule has 6 heteroatoms. The molecule has 2 heterocycles. The van der Waals surface area contributed by atoms with Gasteiger partial charge in [-0.2, -0.15) is 0 Å². The molecule has 2 aromatic rings. The molecule has 2 aromatic heterocycles. The zero-order valence-corrected chi connectivity index (χ0v) is 16.8. The second-order valence-corrected chi connectivity index (χ2v) is 6.83. The molecule has 2 amide bonds. The van der Waals surface area contributed by atoms with E-state index in [1.807, 2.05) is 24.3 Å². The molecule has 0 saturated heterocycles. The first kappa shape index (κ1) is 21.5. The molecule has 28 heavy (non-hydrogen) atoms. The maximum Gasteiger partial charge on any atom is 0.225 e. The average Bonchev–Trinajstić information content (AvgIpc) is 2.69. The van der Waals surface area contributed by atoms with E-state index in [2.05, 4.69) is 34.4 Å². The highest BCUT2D eigenvalue weighted by atomic mass is 16.2. The Morgan fingerprint density at radius 3 is 1.54 bits per heavy atom. The van der Waals surface area contributed by atoms with Gasteiger partial charge in [0.25, 0.3) is 0 Å². The third-order valence-electron chi connectivity index (χ3n) is 4.31. The minimum atomic E-state index is -0.0286. The summed E-state index contributed by atoms with van der Waals surface area (Å²) in [6.45, 7) is 4.22.